The van der Waals surface area contributed by atoms with Crippen molar-refractivity contribution in [1.29, 1.82) is 0 Å². The van der Waals surface area contributed by atoms with E-state index in [1.807, 2.05) is 31.2 Å². The number of piperidine rings is 1. The lowest BCUT2D eigenvalue weighted by molar-refractivity contribution is -0.139. The van der Waals surface area contributed by atoms with E-state index in [0.717, 1.165) is 16.9 Å². The minimum atomic E-state index is -3.76. The number of carbonyl (C=O) groups is 2. The average Bonchev–Trinajstić information content (AvgIpc) is 3.19. The van der Waals surface area contributed by atoms with Gasteiger partial charge in [0.2, 0.25) is 10.0 Å². The quantitative estimate of drug-likeness (QED) is 0.336. The monoisotopic (exact) mass is 558 g/mol. The Morgan fingerprint density at radius 1 is 1.08 bits per heavy atom. The van der Waals surface area contributed by atoms with Crippen molar-refractivity contribution in [3.63, 3.8) is 0 Å². The molecule has 1 fully saturated rings. The average molecular weight is 559 g/mol. The van der Waals surface area contributed by atoms with E-state index in [1.165, 1.54) is 4.31 Å². The van der Waals surface area contributed by atoms with Crippen LogP contribution in [0.2, 0.25) is 0 Å². The number of hydrogen-bond donors (Lipinski definition) is 3. The molecule has 0 spiro atoms. The lowest BCUT2D eigenvalue weighted by atomic mass is 10.0. The Balaban J connectivity index is 1.76. The van der Waals surface area contributed by atoms with E-state index in [1.54, 1.807) is 31.2 Å². The van der Waals surface area contributed by atoms with Crippen molar-refractivity contribution >= 4 is 39.0 Å². The molecule has 11 heteroatoms. The van der Waals surface area contributed by atoms with Crippen LogP contribution >= 0.6 is 11.3 Å². The van der Waals surface area contributed by atoms with Crippen LogP contribution in [-0.2, 0) is 20.6 Å². The van der Waals surface area contributed by atoms with Gasteiger partial charge in [-0.05, 0) is 63.0 Å². The van der Waals surface area contributed by atoms with E-state index in [2.05, 4.69) is 5.32 Å². The topological polar surface area (TPSA) is 133 Å². The molecular formula is C27H30N2O7S2. The summed E-state index contributed by atoms with van der Waals surface area (Å²) in [5, 5.41) is 22.0. The number of nitrogens with one attached hydrogen (secondary N) is 1. The van der Waals surface area contributed by atoms with Crippen LogP contribution < -0.4 is 14.4 Å². The number of nitrogens with zero attached hydrogens (tertiary/aromatic N) is 1. The minimum absolute atomic E-state index is 0.00702. The van der Waals surface area contributed by atoms with Gasteiger partial charge in [-0.2, -0.15) is 0 Å². The molecule has 1 aliphatic rings. The molecule has 0 atom stereocenters. The Kier molecular flexibility index (Phi) is 8.39. The molecule has 3 aromatic rings. The number of ether oxygens (including phenoxy) is 1. The molecule has 0 saturated carbocycles. The number of aromatic carboxylic acids is 1. The number of sulfonamides is 1. The van der Waals surface area contributed by atoms with Gasteiger partial charge in [-0.25, -0.2) is 18.0 Å². The molecule has 4 rings (SSSR count). The Morgan fingerprint density at radius 3 is 2.45 bits per heavy atom. The van der Waals surface area contributed by atoms with Crippen molar-refractivity contribution in [3.05, 3.63) is 70.1 Å². The molecule has 0 radical (unpaired) electrons. The van der Waals surface area contributed by atoms with Gasteiger partial charge in [-0.15, -0.1) is 11.3 Å². The lowest BCUT2D eigenvalue weighted by Gasteiger charge is -2.35. The Bertz CT molecular complexity index is 1440. The summed E-state index contributed by atoms with van der Waals surface area (Å²) in [6.07, 6.45) is 1.32. The molecule has 3 N–H and O–H groups in total. The SMILES string of the molecule is Cc1cccc(CS(=O)(=O)N(c2cccc(-c3sc(C(=O)O)c(OCC(=O)O)c3C)c2)C2CCNCC2)c1. The second-order valence-corrected chi connectivity index (χ2v) is 12.1. The molecule has 2 heterocycles. The van der Waals surface area contributed by atoms with E-state index in [0.29, 0.717) is 53.2 Å². The molecule has 202 valence electrons. The summed E-state index contributed by atoms with van der Waals surface area (Å²) in [5.41, 5.74) is 3.31. The van der Waals surface area contributed by atoms with Crippen molar-refractivity contribution in [2.24, 2.45) is 0 Å². The third-order valence-electron chi connectivity index (χ3n) is 6.36. The number of hydrogen-bond acceptors (Lipinski definition) is 7. The van der Waals surface area contributed by atoms with Gasteiger partial charge < -0.3 is 20.3 Å². The second kappa shape index (κ2) is 11.5. The number of benzene rings is 2. The summed E-state index contributed by atoms with van der Waals surface area (Å²) in [4.78, 5) is 23.4. The molecular weight excluding hydrogens is 528 g/mol. The molecule has 38 heavy (non-hydrogen) atoms. The fourth-order valence-corrected chi connectivity index (χ4v) is 7.65. The smallest absolute Gasteiger partial charge is 0.349 e. The lowest BCUT2D eigenvalue weighted by Crippen LogP contribution is -2.46. The van der Waals surface area contributed by atoms with Crippen LogP contribution in [0.1, 0.15) is 39.2 Å². The minimum Gasteiger partial charge on any atom is -0.480 e. The van der Waals surface area contributed by atoms with Gasteiger partial charge in [0.05, 0.1) is 11.4 Å². The molecule has 1 aromatic heterocycles. The Morgan fingerprint density at radius 2 is 1.79 bits per heavy atom. The van der Waals surface area contributed by atoms with Crippen LogP contribution in [0.5, 0.6) is 5.75 Å². The molecule has 0 amide bonds. The first kappa shape index (κ1) is 27.6. The fraction of sp³-hybridized carbons (Fsp3) is 0.333. The van der Waals surface area contributed by atoms with Crippen LogP contribution in [0, 0.1) is 13.8 Å². The first-order valence-corrected chi connectivity index (χ1v) is 14.6. The van der Waals surface area contributed by atoms with Crippen LogP contribution in [0.3, 0.4) is 0 Å². The molecule has 0 aliphatic carbocycles. The summed E-state index contributed by atoms with van der Waals surface area (Å²) in [6, 6.07) is 14.3. The second-order valence-electron chi connectivity index (χ2n) is 9.27. The highest BCUT2D eigenvalue weighted by Crippen LogP contribution is 2.42. The number of anilines is 1. The van der Waals surface area contributed by atoms with Crippen LogP contribution in [0.15, 0.2) is 48.5 Å². The highest BCUT2D eigenvalue weighted by atomic mass is 32.2. The van der Waals surface area contributed by atoms with Gasteiger partial charge >= 0.3 is 11.9 Å². The maximum atomic E-state index is 13.9. The van der Waals surface area contributed by atoms with Crippen LogP contribution in [0.25, 0.3) is 10.4 Å². The van der Waals surface area contributed by atoms with E-state index in [9.17, 15) is 23.1 Å². The Labute approximate surface area is 225 Å². The predicted molar refractivity (Wildman–Crippen MR) is 147 cm³/mol. The molecule has 0 bridgehead atoms. The predicted octanol–water partition coefficient (Wildman–Crippen LogP) is 4.28. The third-order valence-corrected chi connectivity index (χ3v) is 9.48. The summed E-state index contributed by atoms with van der Waals surface area (Å²) in [5.74, 6) is -2.57. The van der Waals surface area contributed by atoms with Gasteiger partial charge in [0, 0.05) is 16.5 Å². The van der Waals surface area contributed by atoms with Gasteiger partial charge in [0.25, 0.3) is 0 Å². The van der Waals surface area contributed by atoms with Crippen molar-refractivity contribution in [2.45, 2.75) is 38.5 Å². The normalized spacial score (nSPS) is 14.3. The Hall–Kier alpha value is -3.41. The number of aryl methyl sites for hydroxylation is 1. The first-order valence-electron chi connectivity index (χ1n) is 12.2. The zero-order chi connectivity index (χ0) is 27.4. The van der Waals surface area contributed by atoms with E-state index < -0.39 is 28.6 Å². The number of thiophene rings is 1. The summed E-state index contributed by atoms with van der Waals surface area (Å²) >= 11 is 0.971. The maximum Gasteiger partial charge on any atom is 0.349 e. The molecule has 1 aliphatic heterocycles. The summed E-state index contributed by atoms with van der Waals surface area (Å²) < 4.78 is 34.6. The van der Waals surface area contributed by atoms with Crippen molar-refractivity contribution in [3.8, 4) is 16.2 Å². The zero-order valence-corrected chi connectivity index (χ0v) is 22.8. The number of aliphatic carboxylic acids is 1. The van der Waals surface area contributed by atoms with E-state index in [4.69, 9.17) is 9.84 Å². The van der Waals surface area contributed by atoms with Gasteiger partial charge in [-0.1, -0.05) is 42.0 Å². The molecule has 0 unspecified atom stereocenters. The largest absolute Gasteiger partial charge is 0.480 e. The standard InChI is InChI=1S/C27H30N2O7S2/c1-17-5-3-6-19(13-17)16-38(34,35)29(21-9-11-28-12-10-21)22-8-4-7-20(14-22)25-18(2)24(36-15-23(30)31)26(37-25)27(32)33/h3-8,13-14,21,28H,9-12,15-16H2,1-2H3,(H,30,31)(H,32,33). The highest BCUT2D eigenvalue weighted by Gasteiger charge is 2.32. The van der Waals surface area contributed by atoms with Gasteiger partial charge in [0.15, 0.2) is 11.5 Å². The molecule has 1 saturated heterocycles. The fourth-order valence-electron chi connectivity index (χ4n) is 4.73. The highest BCUT2D eigenvalue weighted by molar-refractivity contribution is 7.92. The van der Waals surface area contributed by atoms with Crippen LogP contribution in [0.4, 0.5) is 5.69 Å². The molecule has 2 aromatic carbocycles. The van der Waals surface area contributed by atoms with E-state index in [-0.39, 0.29) is 22.4 Å². The van der Waals surface area contributed by atoms with Gasteiger partial charge in [-0.3, -0.25) is 4.31 Å². The van der Waals surface area contributed by atoms with Crippen molar-refractivity contribution in [1.82, 2.24) is 5.32 Å². The summed E-state index contributed by atoms with van der Waals surface area (Å²) in [6.45, 7) is 4.33. The van der Waals surface area contributed by atoms with Crippen LogP contribution in [-0.4, -0.2) is 56.3 Å². The maximum absolute atomic E-state index is 13.9. The number of rotatable bonds is 10. The molecule has 9 nitrogen and oxygen atoms in total. The zero-order valence-electron chi connectivity index (χ0n) is 21.1. The number of carboxylic acid groups (broad SMARTS) is 2. The van der Waals surface area contributed by atoms with Gasteiger partial charge in [0.1, 0.15) is 5.75 Å². The van der Waals surface area contributed by atoms with E-state index >= 15 is 0 Å². The number of carboxylic acids is 2. The first-order chi connectivity index (χ1) is 18.1. The summed E-state index contributed by atoms with van der Waals surface area (Å²) in [7, 11) is -3.76. The van der Waals surface area contributed by atoms with Crippen molar-refractivity contribution < 1.29 is 33.0 Å². The van der Waals surface area contributed by atoms with Crippen molar-refractivity contribution in [2.75, 3.05) is 24.0 Å². The third kappa shape index (κ3) is 6.17.